The first-order valence-electron chi connectivity index (χ1n) is 21.2. The summed E-state index contributed by atoms with van der Waals surface area (Å²) in [7, 11) is -2.06. The predicted molar refractivity (Wildman–Crippen MR) is 234 cm³/mol. The van der Waals surface area contributed by atoms with Gasteiger partial charge in [-0.1, -0.05) is 49.7 Å². The van der Waals surface area contributed by atoms with Gasteiger partial charge in [0.05, 0.1) is 0 Å². The average molecular weight is 854 g/mol. The van der Waals surface area contributed by atoms with Crippen molar-refractivity contribution in [2.45, 2.75) is 121 Å². The number of aryl methyl sites for hydroxylation is 1. The van der Waals surface area contributed by atoms with Crippen molar-refractivity contribution in [3.8, 4) is 11.1 Å². The van der Waals surface area contributed by atoms with Crippen LogP contribution in [0, 0.1) is 0 Å². The van der Waals surface area contributed by atoms with Gasteiger partial charge in [0.2, 0.25) is 23.6 Å². The Bertz CT molecular complexity index is 1650. The van der Waals surface area contributed by atoms with Crippen molar-refractivity contribution < 1.29 is 38.8 Å². The third-order valence-electron chi connectivity index (χ3n) is 9.86. The van der Waals surface area contributed by atoms with Gasteiger partial charge < -0.3 is 70.6 Å². The fraction of sp³-hybridized carbons (Fsp3) is 0.561. The van der Waals surface area contributed by atoms with E-state index < -0.39 is 67.0 Å². The molecule has 0 saturated heterocycles. The molecule has 0 radical (unpaired) electrons. The van der Waals surface area contributed by atoms with Crippen LogP contribution in [0.3, 0.4) is 0 Å². The second-order valence-corrected chi connectivity index (χ2v) is 14.9. The first-order chi connectivity index (χ1) is 29.2. The molecular formula is C41H68BN11O8. The lowest BCUT2D eigenvalue weighted by atomic mass is 9.86. The molecule has 5 atom stereocenters. The van der Waals surface area contributed by atoms with Gasteiger partial charge in [0.1, 0.15) is 24.2 Å². The highest BCUT2D eigenvalue weighted by atomic mass is 16.4. The van der Waals surface area contributed by atoms with Crippen LogP contribution in [0.5, 0.6) is 0 Å². The van der Waals surface area contributed by atoms with E-state index in [4.69, 9.17) is 28.7 Å². The molecular weight excluding hydrogens is 785 g/mol. The first kappa shape index (κ1) is 52.2. The summed E-state index contributed by atoms with van der Waals surface area (Å²) in [6.07, 6.45) is 4.90. The molecule has 338 valence electrons. The highest BCUT2D eigenvalue weighted by molar-refractivity contribution is 6.43. The summed E-state index contributed by atoms with van der Waals surface area (Å²) >= 11 is 0. The number of unbranched alkanes of at least 4 members (excludes halogenated alkanes) is 4. The molecule has 0 fully saturated rings. The number of rotatable bonds is 30. The van der Waals surface area contributed by atoms with Crippen LogP contribution in [0.2, 0.25) is 0 Å². The lowest BCUT2D eigenvalue weighted by molar-refractivity contribution is -0.134. The minimum atomic E-state index is -2.06. The van der Waals surface area contributed by atoms with Crippen molar-refractivity contribution in [3.63, 3.8) is 0 Å². The Morgan fingerprint density at radius 3 is 1.54 bits per heavy atom. The van der Waals surface area contributed by atoms with Crippen molar-refractivity contribution in [3.05, 3.63) is 59.7 Å². The fourth-order valence-electron chi connectivity index (χ4n) is 6.19. The molecule has 2 aromatic rings. The number of amides is 6. The smallest absolute Gasteiger partial charge is 0.425 e. The molecule has 18 N–H and O–H groups in total. The second-order valence-electron chi connectivity index (χ2n) is 14.9. The van der Waals surface area contributed by atoms with E-state index in [0.717, 1.165) is 30.4 Å². The maximum Gasteiger partial charge on any atom is 0.490 e. The maximum atomic E-state index is 13.6. The van der Waals surface area contributed by atoms with Crippen molar-refractivity contribution in [2.75, 3.05) is 26.2 Å². The molecule has 0 heterocycles. The van der Waals surface area contributed by atoms with E-state index in [1.54, 1.807) is 12.1 Å². The van der Waals surface area contributed by atoms with E-state index in [2.05, 4.69) is 63.1 Å². The van der Waals surface area contributed by atoms with E-state index in [-0.39, 0.29) is 38.1 Å². The van der Waals surface area contributed by atoms with E-state index in [1.807, 2.05) is 12.1 Å². The summed E-state index contributed by atoms with van der Waals surface area (Å²) in [6, 6.07) is 10.6. The van der Waals surface area contributed by atoms with E-state index >= 15 is 0 Å². The molecule has 0 unspecified atom stereocenters. The van der Waals surface area contributed by atoms with Gasteiger partial charge in [0, 0.05) is 18.5 Å². The van der Waals surface area contributed by atoms with Gasteiger partial charge in [-0.3, -0.25) is 28.8 Å². The van der Waals surface area contributed by atoms with Gasteiger partial charge in [-0.05, 0) is 119 Å². The number of nitrogens with one attached hydrogen (secondary N) is 6. The zero-order valence-electron chi connectivity index (χ0n) is 35.3. The summed E-state index contributed by atoms with van der Waals surface area (Å²) in [5.41, 5.74) is 32.1. The average Bonchev–Trinajstić information content (AvgIpc) is 3.24. The third kappa shape index (κ3) is 20.0. The van der Waals surface area contributed by atoms with Gasteiger partial charge >= 0.3 is 7.12 Å². The normalized spacial score (nSPS) is 13.4. The molecule has 2 rings (SSSR count). The summed E-state index contributed by atoms with van der Waals surface area (Å²) in [6.45, 7) is 3.16. The Balaban J connectivity index is 2.04. The fourth-order valence-corrected chi connectivity index (χ4v) is 6.19. The van der Waals surface area contributed by atoms with E-state index in [9.17, 15) is 38.8 Å². The Morgan fingerprint density at radius 2 is 1.05 bits per heavy atom. The molecule has 19 nitrogen and oxygen atoms in total. The summed E-state index contributed by atoms with van der Waals surface area (Å²) in [5.74, 6) is -4.08. The van der Waals surface area contributed by atoms with Crippen LogP contribution in [-0.2, 0) is 30.4 Å². The van der Waals surface area contributed by atoms with Gasteiger partial charge in [-0.2, -0.15) is 0 Å². The summed E-state index contributed by atoms with van der Waals surface area (Å²) in [5, 5.41) is 33.6. The molecule has 20 heteroatoms. The number of benzene rings is 2. The van der Waals surface area contributed by atoms with Crippen LogP contribution >= 0.6 is 0 Å². The topological polar surface area (TPSA) is 345 Å². The van der Waals surface area contributed by atoms with Crippen molar-refractivity contribution in [1.29, 1.82) is 0 Å². The number of hydrogen-bond acceptors (Lipinski definition) is 13. The maximum absolute atomic E-state index is 13.6. The minimum absolute atomic E-state index is 0.00141. The van der Waals surface area contributed by atoms with Gasteiger partial charge in [0.15, 0.2) is 6.17 Å². The van der Waals surface area contributed by atoms with Gasteiger partial charge in [0.25, 0.3) is 11.8 Å². The second kappa shape index (κ2) is 29.3. The highest BCUT2D eigenvalue weighted by Crippen LogP contribution is 2.21. The van der Waals surface area contributed by atoms with Crippen LogP contribution in [0.15, 0.2) is 48.5 Å². The Labute approximate surface area is 359 Å². The first-order valence-corrected chi connectivity index (χ1v) is 21.2. The van der Waals surface area contributed by atoms with Crippen LogP contribution < -0.4 is 60.6 Å². The Morgan fingerprint density at radius 1 is 0.590 bits per heavy atom. The largest absolute Gasteiger partial charge is 0.490 e. The Kier molecular flexibility index (Phi) is 25.1. The molecule has 0 aromatic heterocycles. The number of hydrogen-bond donors (Lipinski definition) is 13. The predicted octanol–water partition coefficient (Wildman–Crippen LogP) is -1.53. The zero-order chi connectivity index (χ0) is 45.2. The molecule has 2 aromatic carbocycles. The highest BCUT2D eigenvalue weighted by Gasteiger charge is 2.31. The molecule has 0 aliphatic carbocycles. The molecule has 0 aliphatic heterocycles. The van der Waals surface area contributed by atoms with E-state index in [0.29, 0.717) is 63.7 Å². The lowest BCUT2D eigenvalue weighted by Gasteiger charge is -2.25. The third-order valence-corrected chi connectivity index (χ3v) is 9.86. The molecule has 0 aliphatic rings. The van der Waals surface area contributed by atoms with Crippen LogP contribution in [0.25, 0.3) is 11.1 Å². The monoisotopic (exact) mass is 854 g/mol. The number of carbonyl (C=O) groups is 6. The number of carbonyl (C=O) groups excluding carboxylic acids is 6. The minimum Gasteiger partial charge on any atom is -0.425 e. The lowest BCUT2D eigenvalue weighted by Crippen LogP contribution is -2.62. The van der Waals surface area contributed by atoms with Crippen molar-refractivity contribution in [1.82, 2.24) is 31.9 Å². The number of nitrogens with two attached hydrogens (primary N) is 5. The van der Waals surface area contributed by atoms with Crippen LogP contribution in [-0.4, -0.2) is 109 Å². The molecule has 61 heavy (non-hydrogen) atoms. The van der Waals surface area contributed by atoms with Gasteiger partial charge in [-0.15, -0.1) is 0 Å². The molecule has 0 spiro atoms. The van der Waals surface area contributed by atoms with Gasteiger partial charge in [-0.25, -0.2) is 0 Å². The molecule has 0 saturated carbocycles. The van der Waals surface area contributed by atoms with Crippen molar-refractivity contribution in [2.24, 2.45) is 28.7 Å². The quantitative estimate of drug-likeness (QED) is 0.0241. The molecule has 6 amide bonds. The summed E-state index contributed by atoms with van der Waals surface area (Å²) < 4.78 is 0. The van der Waals surface area contributed by atoms with E-state index in [1.165, 1.54) is 5.56 Å². The zero-order valence-corrected chi connectivity index (χ0v) is 35.3. The Hall–Kier alpha value is -4.96. The standard InChI is InChI=1S/C41H68BN11O8/c1-2-3-10-27-14-16-28(17-15-27)29-18-20-30(21-19-29)36(55)48-26-22-34(54)49-31(11-4-7-23-43)37(56)50-32(12-5-8-24-44)38(57)52-35(46)40(59)51-33(13-6-9-25-45)39(58)53-41(47)42(60)61/h14-21,31-33,35,41,60-61H,2-13,22-26,43-47H2,1H3,(H,48,55)(H,49,54)(H,50,56)(H,51,59)(H,52,57)(H,53,58)/t31-,32-,33-,35+,41+/m0/s1. The molecule has 0 bridgehead atoms. The summed E-state index contributed by atoms with van der Waals surface area (Å²) in [4.78, 5) is 78.9. The SMILES string of the molecule is CCCCc1ccc(-c2ccc(C(=O)NCCC(=O)N[C@@H](CCCCN)C(=O)N[C@@H](CCCCN)C(=O)N[C@@H](N)C(=O)N[C@@H](CCCCN)C(=O)N[C@@H](N)B(O)O)cc2)cc1. The van der Waals surface area contributed by atoms with Crippen LogP contribution in [0.4, 0.5) is 0 Å². The van der Waals surface area contributed by atoms with Crippen molar-refractivity contribution >= 4 is 42.6 Å². The van der Waals surface area contributed by atoms with Crippen LogP contribution in [0.1, 0.15) is 99.9 Å².